The Morgan fingerprint density at radius 3 is 2.24 bits per heavy atom. The van der Waals surface area contributed by atoms with Gasteiger partial charge in [0.1, 0.15) is 5.60 Å². The number of carbonyl (C=O) groups is 2. The number of rotatable bonds is 6. The lowest BCUT2D eigenvalue weighted by atomic mass is 10.1. The summed E-state index contributed by atoms with van der Waals surface area (Å²) in [6.07, 6.45) is 1.62. The number of ether oxygens (including phenoxy) is 1. The Morgan fingerprint density at radius 1 is 1.00 bits per heavy atom. The van der Waals surface area contributed by atoms with Crippen molar-refractivity contribution in [1.82, 2.24) is 4.98 Å². The van der Waals surface area contributed by atoms with E-state index in [1.807, 2.05) is 51.1 Å². The Hall–Kier alpha value is -2.69. The van der Waals surface area contributed by atoms with E-state index in [1.54, 1.807) is 12.1 Å². The molecule has 1 heterocycles. The van der Waals surface area contributed by atoms with Crippen LogP contribution in [0.3, 0.4) is 0 Å². The molecule has 0 unspecified atom stereocenters. The molecule has 1 aromatic carbocycles. The van der Waals surface area contributed by atoms with E-state index in [0.717, 1.165) is 17.7 Å². The van der Waals surface area contributed by atoms with Gasteiger partial charge in [-0.1, -0.05) is 18.2 Å². The quantitative estimate of drug-likeness (QED) is 0.814. The number of aromatic carboxylic acids is 1. The molecular formula is C20H23NO4. The van der Waals surface area contributed by atoms with Gasteiger partial charge in [-0.2, -0.15) is 0 Å². The number of pyridine rings is 1. The molecule has 2 aromatic rings. The van der Waals surface area contributed by atoms with Crippen molar-refractivity contribution < 1.29 is 19.4 Å². The van der Waals surface area contributed by atoms with Crippen LogP contribution in [0.15, 0.2) is 42.5 Å². The molecule has 1 aromatic heterocycles. The second kappa shape index (κ2) is 7.92. The van der Waals surface area contributed by atoms with Crippen molar-refractivity contribution in [2.45, 2.75) is 45.6 Å². The fraction of sp³-hybridized carbons (Fsp3) is 0.350. The van der Waals surface area contributed by atoms with Gasteiger partial charge in [-0.15, -0.1) is 0 Å². The average molecular weight is 341 g/mol. The van der Waals surface area contributed by atoms with Crippen molar-refractivity contribution in [3.8, 4) is 0 Å². The first-order valence-electron chi connectivity index (χ1n) is 8.22. The molecule has 0 saturated carbocycles. The van der Waals surface area contributed by atoms with Crippen molar-refractivity contribution in [2.75, 3.05) is 0 Å². The molecule has 0 saturated heterocycles. The van der Waals surface area contributed by atoms with Crippen molar-refractivity contribution >= 4 is 11.9 Å². The molecule has 1 N–H and O–H groups in total. The molecule has 2 rings (SSSR count). The van der Waals surface area contributed by atoms with E-state index in [1.165, 1.54) is 0 Å². The zero-order valence-corrected chi connectivity index (χ0v) is 14.8. The standard InChI is InChI=1S/C20H23NO4/c1-20(2,3)25-18(22)13-17-6-4-5-16(21-17)12-9-14-7-10-15(11-8-14)19(23)24/h4-8,10-11H,9,12-13H2,1-3H3,(H,23,24). The smallest absolute Gasteiger partial charge is 0.335 e. The second-order valence-electron chi connectivity index (χ2n) is 6.89. The van der Waals surface area contributed by atoms with Gasteiger partial charge in [-0.25, -0.2) is 4.79 Å². The van der Waals surface area contributed by atoms with Gasteiger partial charge in [0.05, 0.1) is 17.7 Å². The van der Waals surface area contributed by atoms with E-state index in [9.17, 15) is 9.59 Å². The summed E-state index contributed by atoms with van der Waals surface area (Å²) in [5.41, 5.74) is 2.40. The first kappa shape index (κ1) is 18.6. The van der Waals surface area contributed by atoms with E-state index >= 15 is 0 Å². The highest BCUT2D eigenvalue weighted by Crippen LogP contribution is 2.11. The summed E-state index contributed by atoms with van der Waals surface area (Å²) in [6.45, 7) is 5.51. The zero-order chi connectivity index (χ0) is 18.4. The molecule has 0 aliphatic carbocycles. The maximum absolute atomic E-state index is 11.9. The number of carboxylic acid groups (broad SMARTS) is 1. The highest BCUT2D eigenvalue weighted by Gasteiger charge is 2.17. The average Bonchev–Trinajstić information content (AvgIpc) is 2.52. The third-order valence-corrected chi connectivity index (χ3v) is 3.48. The Balaban J connectivity index is 1.94. The van der Waals surface area contributed by atoms with Crippen molar-refractivity contribution in [1.29, 1.82) is 0 Å². The van der Waals surface area contributed by atoms with Gasteiger partial charge in [-0.05, 0) is 63.4 Å². The molecule has 0 aliphatic rings. The molecule has 5 heteroatoms. The van der Waals surface area contributed by atoms with Gasteiger partial charge in [0.25, 0.3) is 0 Å². The van der Waals surface area contributed by atoms with Crippen LogP contribution in [0.2, 0.25) is 0 Å². The van der Waals surface area contributed by atoms with Gasteiger partial charge in [0.2, 0.25) is 0 Å². The van der Waals surface area contributed by atoms with Crippen LogP contribution < -0.4 is 0 Å². The van der Waals surface area contributed by atoms with Gasteiger partial charge in [0.15, 0.2) is 0 Å². The van der Waals surface area contributed by atoms with Gasteiger partial charge >= 0.3 is 11.9 Å². The molecule has 132 valence electrons. The topological polar surface area (TPSA) is 76.5 Å². The van der Waals surface area contributed by atoms with E-state index in [-0.39, 0.29) is 18.0 Å². The van der Waals surface area contributed by atoms with Crippen LogP contribution in [0.25, 0.3) is 0 Å². The van der Waals surface area contributed by atoms with Crippen molar-refractivity contribution in [3.63, 3.8) is 0 Å². The summed E-state index contributed by atoms with van der Waals surface area (Å²) in [7, 11) is 0. The molecule has 0 aliphatic heterocycles. The van der Waals surface area contributed by atoms with Gasteiger partial charge in [0, 0.05) is 5.69 Å². The Morgan fingerprint density at radius 2 is 1.64 bits per heavy atom. The molecule has 5 nitrogen and oxygen atoms in total. The summed E-state index contributed by atoms with van der Waals surface area (Å²) < 4.78 is 5.31. The lowest BCUT2D eigenvalue weighted by Crippen LogP contribution is -2.25. The van der Waals surface area contributed by atoms with E-state index < -0.39 is 11.6 Å². The predicted octanol–water partition coefficient (Wildman–Crippen LogP) is 3.45. The third kappa shape index (κ3) is 6.37. The number of aryl methyl sites for hydroxylation is 2. The lowest BCUT2D eigenvalue weighted by molar-refractivity contribution is -0.154. The summed E-state index contributed by atoms with van der Waals surface area (Å²) in [5.74, 6) is -1.22. The van der Waals surface area contributed by atoms with E-state index in [4.69, 9.17) is 9.84 Å². The maximum Gasteiger partial charge on any atom is 0.335 e. The number of hydrogen-bond acceptors (Lipinski definition) is 4. The Labute approximate surface area is 147 Å². The molecule has 0 spiro atoms. The number of carbonyl (C=O) groups excluding carboxylic acids is 1. The van der Waals surface area contributed by atoms with E-state index in [0.29, 0.717) is 12.1 Å². The summed E-state index contributed by atoms with van der Waals surface area (Å²) in [4.78, 5) is 27.3. The lowest BCUT2D eigenvalue weighted by Gasteiger charge is -2.19. The second-order valence-corrected chi connectivity index (χ2v) is 6.89. The van der Waals surface area contributed by atoms with Crippen molar-refractivity contribution in [2.24, 2.45) is 0 Å². The van der Waals surface area contributed by atoms with Crippen molar-refractivity contribution in [3.05, 3.63) is 65.0 Å². The summed E-state index contributed by atoms with van der Waals surface area (Å²) in [6, 6.07) is 12.4. The number of hydrogen-bond donors (Lipinski definition) is 1. The normalized spacial score (nSPS) is 11.2. The van der Waals surface area contributed by atoms with Crippen LogP contribution in [0, 0.1) is 0 Å². The van der Waals surface area contributed by atoms with Crippen LogP contribution in [-0.4, -0.2) is 27.6 Å². The number of carboxylic acids is 1. The minimum Gasteiger partial charge on any atom is -0.478 e. The highest BCUT2D eigenvalue weighted by molar-refractivity contribution is 5.87. The fourth-order valence-electron chi connectivity index (χ4n) is 2.38. The predicted molar refractivity (Wildman–Crippen MR) is 94.6 cm³/mol. The molecule has 0 fully saturated rings. The monoisotopic (exact) mass is 341 g/mol. The molecule has 0 radical (unpaired) electrons. The third-order valence-electron chi connectivity index (χ3n) is 3.48. The molecule has 0 amide bonds. The number of esters is 1. The highest BCUT2D eigenvalue weighted by atomic mass is 16.6. The number of benzene rings is 1. The molecule has 0 bridgehead atoms. The van der Waals surface area contributed by atoms with Gasteiger partial charge < -0.3 is 9.84 Å². The Kier molecular flexibility index (Phi) is 5.91. The fourth-order valence-corrected chi connectivity index (χ4v) is 2.38. The maximum atomic E-state index is 11.9. The van der Waals surface area contributed by atoms with Crippen LogP contribution in [-0.2, 0) is 28.8 Å². The molecule has 25 heavy (non-hydrogen) atoms. The Bertz CT molecular complexity index is 745. The first-order valence-corrected chi connectivity index (χ1v) is 8.22. The largest absolute Gasteiger partial charge is 0.478 e. The van der Waals surface area contributed by atoms with E-state index in [2.05, 4.69) is 4.98 Å². The SMILES string of the molecule is CC(C)(C)OC(=O)Cc1cccc(CCc2ccc(C(=O)O)cc2)n1. The minimum atomic E-state index is -0.928. The van der Waals surface area contributed by atoms with Crippen LogP contribution >= 0.6 is 0 Å². The number of aromatic nitrogens is 1. The van der Waals surface area contributed by atoms with Crippen LogP contribution in [0.5, 0.6) is 0 Å². The van der Waals surface area contributed by atoms with Crippen LogP contribution in [0.4, 0.5) is 0 Å². The minimum absolute atomic E-state index is 0.151. The summed E-state index contributed by atoms with van der Waals surface area (Å²) in [5, 5.41) is 8.91. The van der Waals surface area contributed by atoms with Crippen LogP contribution in [0.1, 0.15) is 48.1 Å². The molecular weight excluding hydrogens is 318 g/mol. The zero-order valence-electron chi connectivity index (χ0n) is 14.8. The first-order chi connectivity index (χ1) is 11.7. The molecule has 0 atom stereocenters. The van der Waals surface area contributed by atoms with Gasteiger partial charge in [-0.3, -0.25) is 9.78 Å². The summed E-state index contributed by atoms with van der Waals surface area (Å²) >= 11 is 0. The number of nitrogens with zero attached hydrogens (tertiary/aromatic N) is 1.